The number of carbonyl (C=O) groups excluding carboxylic acids is 1. The minimum Gasteiger partial charge on any atom is -0.451 e. The van der Waals surface area contributed by atoms with Crippen molar-refractivity contribution in [1.29, 1.82) is 0 Å². The number of carbonyl (C=O) groups is 1. The molecule has 0 saturated carbocycles. The Labute approximate surface area is 164 Å². The van der Waals surface area contributed by atoms with E-state index in [2.05, 4.69) is 35.6 Å². The summed E-state index contributed by atoms with van der Waals surface area (Å²) in [5.74, 6) is 0.182. The summed E-state index contributed by atoms with van der Waals surface area (Å²) in [5.41, 5.74) is 4.78. The van der Waals surface area contributed by atoms with Crippen molar-refractivity contribution in [2.24, 2.45) is 0 Å². The lowest BCUT2D eigenvalue weighted by Crippen LogP contribution is -2.26. The number of fused-ring (bicyclic) bond motifs is 4. The van der Waals surface area contributed by atoms with E-state index >= 15 is 0 Å². The zero-order valence-corrected chi connectivity index (χ0v) is 16.0. The minimum absolute atomic E-state index is 0.0651. The Morgan fingerprint density at radius 3 is 2.64 bits per heavy atom. The Balaban J connectivity index is 1.41. The van der Waals surface area contributed by atoms with Gasteiger partial charge in [-0.1, -0.05) is 48.5 Å². The van der Waals surface area contributed by atoms with Crippen molar-refractivity contribution in [2.75, 3.05) is 0 Å². The van der Waals surface area contributed by atoms with Crippen LogP contribution >= 0.6 is 0 Å². The maximum Gasteiger partial charge on any atom is 0.287 e. The number of nitrogens with one attached hydrogen (secondary N) is 1. The average Bonchev–Trinajstić information content (AvgIpc) is 3.18. The fourth-order valence-corrected chi connectivity index (χ4v) is 4.28. The second kappa shape index (κ2) is 6.83. The predicted molar refractivity (Wildman–Crippen MR) is 113 cm³/mol. The maximum atomic E-state index is 12.8. The van der Waals surface area contributed by atoms with Crippen LogP contribution in [-0.2, 0) is 12.8 Å². The fraction of sp³-hybridized carbons (Fsp3) is 0.240. The highest BCUT2D eigenvalue weighted by atomic mass is 16.3. The molecule has 4 aromatic rings. The number of rotatable bonds is 3. The van der Waals surface area contributed by atoms with Crippen molar-refractivity contribution in [2.45, 2.75) is 38.6 Å². The van der Waals surface area contributed by atoms with E-state index in [1.54, 1.807) is 0 Å². The number of aryl methyl sites for hydroxylation is 2. The molecular formula is C25H23NO2. The van der Waals surface area contributed by atoms with E-state index in [0.29, 0.717) is 5.76 Å². The van der Waals surface area contributed by atoms with E-state index in [4.69, 9.17) is 4.42 Å². The molecule has 3 heteroatoms. The first-order chi connectivity index (χ1) is 13.7. The van der Waals surface area contributed by atoms with Gasteiger partial charge in [-0.15, -0.1) is 0 Å². The molecule has 1 amide bonds. The maximum absolute atomic E-state index is 12.8. The molecule has 0 fully saturated rings. The second-order valence-corrected chi connectivity index (χ2v) is 7.74. The molecule has 1 aliphatic carbocycles. The molecule has 3 nitrogen and oxygen atoms in total. The lowest BCUT2D eigenvalue weighted by molar-refractivity contribution is 0.0914. The van der Waals surface area contributed by atoms with Crippen molar-refractivity contribution in [1.82, 2.24) is 5.32 Å². The van der Waals surface area contributed by atoms with Crippen LogP contribution in [0.15, 0.2) is 65.1 Å². The van der Waals surface area contributed by atoms with E-state index in [1.807, 2.05) is 37.3 Å². The van der Waals surface area contributed by atoms with Crippen molar-refractivity contribution < 1.29 is 9.21 Å². The first-order valence-corrected chi connectivity index (χ1v) is 10.0. The highest BCUT2D eigenvalue weighted by Crippen LogP contribution is 2.29. The summed E-state index contributed by atoms with van der Waals surface area (Å²) in [4.78, 5) is 12.8. The summed E-state index contributed by atoms with van der Waals surface area (Å²) in [7, 11) is 0. The van der Waals surface area contributed by atoms with Crippen LogP contribution in [0.25, 0.3) is 21.7 Å². The lowest BCUT2D eigenvalue weighted by atomic mass is 9.89. The van der Waals surface area contributed by atoms with Crippen molar-refractivity contribution in [3.05, 3.63) is 83.1 Å². The van der Waals surface area contributed by atoms with Gasteiger partial charge < -0.3 is 9.73 Å². The van der Waals surface area contributed by atoms with Gasteiger partial charge in [-0.2, -0.15) is 0 Å². The summed E-state index contributed by atoms with van der Waals surface area (Å²) in [6, 6.07) is 20.5. The van der Waals surface area contributed by atoms with Crippen LogP contribution in [0.2, 0.25) is 0 Å². The van der Waals surface area contributed by atoms with E-state index in [-0.39, 0.29) is 11.9 Å². The van der Waals surface area contributed by atoms with Crippen molar-refractivity contribution in [3.63, 3.8) is 0 Å². The van der Waals surface area contributed by atoms with Crippen LogP contribution < -0.4 is 5.32 Å². The van der Waals surface area contributed by atoms with Crippen LogP contribution in [0.1, 0.15) is 53.1 Å². The Morgan fingerprint density at radius 2 is 1.75 bits per heavy atom. The van der Waals surface area contributed by atoms with Gasteiger partial charge in [0.25, 0.3) is 5.91 Å². The van der Waals surface area contributed by atoms with Gasteiger partial charge >= 0.3 is 0 Å². The summed E-state index contributed by atoms with van der Waals surface area (Å²) in [5, 5.41) is 6.32. The molecule has 140 valence electrons. The normalized spacial score (nSPS) is 14.8. The molecule has 0 aliphatic heterocycles. The van der Waals surface area contributed by atoms with E-state index in [0.717, 1.165) is 33.7 Å². The zero-order valence-electron chi connectivity index (χ0n) is 16.0. The number of hydrogen-bond donors (Lipinski definition) is 1. The largest absolute Gasteiger partial charge is 0.451 e. The first-order valence-electron chi connectivity index (χ1n) is 10.0. The molecule has 1 aliphatic rings. The van der Waals surface area contributed by atoms with E-state index in [1.165, 1.54) is 30.4 Å². The Bertz CT molecular complexity index is 1190. The third-order valence-electron chi connectivity index (χ3n) is 5.87. The van der Waals surface area contributed by atoms with Crippen LogP contribution in [-0.4, -0.2) is 5.91 Å². The van der Waals surface area contributed by atoms with Crippen molar-refractivity contribution in [3.8, 4) is 0 Å². The average molecular weight is 369 g/mol. The smallest absolute Gasteiger partial charge is 0.287 e. The molecule has 0 bridgehead atoms. The van der Waals surface area contributed by atoms with Crippen LogP contribution in [0.4, 0.5) is 0 Å². The highest BCUT2D eigenvalue weighted by Gasteiger charge is 2.18. The molecular weight excluding hydrogens is 346 g/mol. The summed E-state index contributed by atoms with van der Waals surface area (Å²) < 4.78 is 5.85. The number of furan rings is 1. The Kier molecular flexibility index (Phi) is 4.16. The standard InChI is InChI=1S/C25H23NO2/c1-16(19-11-10-17-6-2-3-8-20(17)14-19)26-25(27)24-15-22-21-9-5-4-7-18(21)12-13-23(22)28-24/h4-5,7,9-16H,2-3,6,8H2,1H3,(H,26,27)/t16-/m1/s1. The Hall–Kier alpha value is -3.07. The molecule has 5 rings (SSSR count). The van der Waals surface area contributed by atoms with Gasteiger partial charge in [0.2, 0.25) is 0 Å². The molecule has 0 saturated heterocycles. The highest BCUT2D eigenvalue weighted by molar-refractivity contribution is 6.08. The number of hydrogen-bond acceptors (Lipinski definition) is 2. The number of benzene rings is 3. The lowest BCUT2D eigenvalue weighted by Gasteiger charge is -2.19. The van der Waals surface area contributed by atoms with Gasteiger partial charge in [-0.3, -0.25) is 4.79 Å². The topological polar surface area (TPSA) is 42.2 Å². The summed E-state index contributed by atoms with van der Waals surface area (Å²) in [6.07, 6.45) is 4.84. The zero-order chi connectivity index (χ0) is 19.1. The SMILES string of the molecule is C[C@@H](NC(=O)c1cc2c(ccc3ccccc32)o1)c1ccc2c(c1)CCCC2. The molecule has 1 aromatic heterocycles. The van der Waals surface area contributed by atoms with Gasteiger partial charge in [-0.05, 0) is 72.2 Å². The molecule has 0 spiro atoms. The fourth-order valence-electron chi connectivity index (χ4n) is 4.28. The monoisotopic (exact) mass is 369 g/mol. The minimum atomic E-state index is -0.175. The first kappa shape index (κ1) is 17.1. The van der Waals surface area contributed by atoms with E-state index < -0.39 is 0 Å². The Morgan fingerprint density at radius 1 is 0.929 bits per heavy atom. The third-order valence-corrected chi connectivity index (χ3v) is 5.87. The quantitative estimate of drug-likeness (QED) is 0.484. The molecule has 0 unspecified atom stereocenters. The van der Waals surface area contributed by atoms with Gasteiger partial charge in [0.05, 0.1) is 6.04 Å². The molecule has 28 heavy (non-hydrogen) atoms. The van der Waals surface area contributed by atoms with Crippen LogP contribution in [0.5, 0.6) is 0 Å². The van der Waals surface area contributed by atoms with Gasteiger partial charge in [0, 0.05) is 5.39 Å². The van der Waals surface area contributed by atoms with E-state index in [9.17, 15) is 4.79 Å². The molecule has 1 atom stereocenters. The molecule has 3 aromatic carbocycles. The summed E-state index contributed by atoms with van der Waals surface area (Å²) >= 11 is 0. The van der Waals surface area contributed by atoms with Crippen molar-refractivity contribution >= 4 is 27.6 Å². The number of amides is 1. The predicted octanol–water partition coefficient (Wildman–Crippen LogP) is 5.96. The van der Waals surface area contributed by atoms with Gasteiger partial charge in [0.15, 0.2) is 5.76 Å². The third kappa shape index (κ3) is 2.97. The summed E-state index contributed by atoms with van der Waals surface area (Å²) in [6.45, 7) is 2.03. The van der Waals surface area contributed by atoms with Gasteiger partial charge in [0.1, 0.15) is 5.58 Å². The molecule has 1 N–H and O–H groups in total. The van der Waals surface area contributed by atoms with Crippen LogP contribution in [0.3, 0.4) is 0 Å². The molecule has 1 heterocycles. The second-order valence-electron chi connectivity index (χ2n) is 7.74. The molecule has 0 radical (unpaired) electrons. The van der Waals surface area contributed by atoms with Crippen LogP contribution in [0, 0.1) is 0 Å². The van der Waals surface area contributed by atoms with Gasteiger partial charge in [-0.25, -0.2) is 0 Å².